The van der Waals surface area contributed by atoms with Crippen molar-refractivity contribution in [3.63, 3.8) is 0 Å². The van der Waals surface area contributed by atoms with Crippen LogP contribution in [0.4, 0.5) is 0 Å². The summed E-state index contributed by atoms with van der Waals surface area (Å²) in [6, 6.07) is 0. The molecule has 0 unspecified atom stereocenters. The normalized spacial score (nSPS) is 11.6. The van der Waals surface area contributed by atoms with E-state index < -0.39 is 16.6 Å². The van der Waals surface area contributed by atoms with Crippen LogP contribution >= 0.6 is 0 Å². The zero-order valence-electron chi connectivity index (χ0n) is 22.5. The van der Waals surface area contributed by atoms with Gasteiger partial charge in [-0.1, -0.05) is 38.5 Å². The molecule has 0 radical (unpaired) electrons. The highest BCUT2D eigenvalue weighted by Gasteiger charge is 2.13. The lowest BCUT2D eigenvalue weighted by Crippen LogP contribution is -2.25. The maximum atomic E-state index is 5.89. The van der Waals surface area contributed by atoms with Crippen molar-refractivity contribution in [3.8, 4) is 23.7 Å². The second-order valence-electron chi connectivity index (χ2n) is 10.9. The van der Waals surface area contributed by atoms with E-state index in [0.29, 0.717) is 0 Å². The molecule has 0 aliphatic rings. The van der Waals surface area contributed by atoms with E-state index in [1.165, 1.54) is 77.0 Å². The summed E-state index contributed by atoms with van der Waals surface area (Å²) >= 11 is 0. The van der Waals surface area contributed by atoms with Crippen molar-refractivity contribution in [1.82, 2.24) is 0 Å². The van der Waals surface area contributed by atoms with E-state index in [0.717, 1.165) is 38.9 Å². The Balaban J connectivity index is 3.29. The van der Waals surface area contributed by atoms with Gasteiger partial charge in [-0.2, -0.15) is 0 Å². The Hall–Kier alpha value is -0.526. The summed E-state index contributed by atoms with van der Waals surface area (Å²) in [5.41, 5.74) is 0. The average Bonchev–Trinajstić information content (AvgIpc) is 2.69. The molecule has 0 aromatic heterocycles. The molecule has 32 heavy (non-hydrogen) atoms. The molecule has 0 bridgehead atoms. The van der Waals surface area contributed by atoms with Gasteiger partial charge in [0.15, 0.2) is 16.6 Å². The van der Waals surface area contributed by atoms with Crippen LogP contribution in [0, 0.1) is 23.7 Å². The van der Waals surface area contributed by atoms with Crippen LogP contribution in [0.5, 0.6) is 0 Å². The Morgan fingerprint density at radius 3 is 0.938 bits per heavy atom. The molecule has 0 amide bonds. The molecule has 4 heteroatoms. The molecule has 0 aromatic rings. The lowest BCUT2D eigenvalue weighted by atomic mass is 10.1. The van der Waals surface area contributed by atoms with Crippen LogP contribution in [0.15, 0.2) is 0 Å². The van der Waals surface area contributed by atoms with Gasteiger partial charge in [-0.15, -0.1) is 23.7 Å². The summed E-state index contributed by atoms with van der Waals surface area (Å²) in [5, 5.41) is 0. The van der Waals surface area contributed by atoms with Crippen LogP contribution in [0.3, 0.4) is 0 Å². The van der Waals surface area contributed by atoms with Crippen LogP contribution in [-0.4, -0.2) is 29.8 Å². The van der Waals surface area contributed by atoms with Crippen molar-refractivity contribution >= 4 is 16.6 Å². The topological polar surface area (TPSA) is 18.5 Å². The molecule has 0 aromatic carbocycles. The van der Waals surface area contributed by atoms with Gasteiger partial charge in [0.05, 0.1) is 0 Å². The highest BCUT2D eigenvalue weighted by atomic mass is 28.4. The first-order chi connectivity index (χ1) is 15.2. The van der Waals surface area contributed by atoms with Crippen molar-refractivity contribution in [3.05, 3.63) is 0 Å². The van der Waals surface area contributed by atoms with E-state index in [1.807, 2.05) is 0 Å². The van der Waals surface area contributed by atoms with E-state index in [2.05, 4.69) is 63.0 Å². The third kappa shape index (κ3) is 29.5. The first-order valence-electron chi connectivity index (χ1n) is 13.4. The Morgan fingerprint density at radius 1 is 0.375 bits per heavy atom. The predicted molar refractivity (Wildman–Crippen MR) is 148 cm³/mol. The zero-order valence-corrected chi connectivity index (χ0v) is 24.5. The molecule has 0 fully saturated rings. The molecule has 186 valence electrons. The van der Waals surface area contributed by atoms with Crippen molar-refractivity contribution in [2.24, 2.45) is 0 Å². The van der Waals surface area contributed by atoms with E-state index in [4.69, 9.17) is 8.85 Å². The van der Waals surface area contributed by atoms with Crippen molar-refractivity contribution in [2.75, 3.05) is 13.2 Å². The molecule has 2 nitrogen and oxygen atoms in total. The predicted octanol–water partition coefficient (Wildman–Crippen LogP) is 8.94. The van der Waals surface area contributed by atoms with Gasteiger partial charge in [-0.3, -0.25) is 0 Å². The van der Waals surface area contributed by atoms with Gasteiger partial charge in [0, 0.05) is 38.9 Å². The third-order valence-corrected chi connectivity index (χ3v) is 7.21. The zero-order chi connectivity index (χ0) is 24.0. The fraction of sp³-hybridized carbons (Fsp3) is 0.857. The van der Waals surface area contributed by atoms with E-state index in [-0.39, 0.29) is 0 Å². The number of hydrogen-bond acceptors (Lipinski definition) is 2. The van der Waals surface area contributed by atoms with Crippen LogP contribution < -0.4 is 0 Å². The molecule has 0 saturated heterocycles. The summed E-state index contributed by atoms with van der Waals surface area (Å²) in [7, 11) is -2.61. The monoisotopic (exact) mass is 478 g/mol. The lowest BCUT2D eigenvalue weighted by Gasteiger charge is -2.16. The molecule has 0 aliphatic carbocycles. The SMILES string of the molecule is C[Si](C)(C)OCCCCCCCC#CCCCCC#CCCCCCCCO[Si](C)(C)C. The van der Waals surface area contributed by atoms with Crippen LogP contribution in [0.25, 0.3) is 0 Å². The van der Waals surface area contributed by atoms with Gasteiger partial charge >= 0.3 is 0 Å². The summed E-state index contributed by atoms with van der Waals surface area (Å²) in [6.45, 7) is 15.5. The Kier molecular flexibility index (Phi) is 20.7. The molecule has 0 heterocycles. The first kappa shape index (κ1) is 31.5. The molecule has 0 atom stereocenters. The maximum absolute atomic E-state index is 5.89. The van der Waals surface area contributed by atoms with Crippen LogP contribution in [0.2, 0.25) is 39.3 Å². The van der Waals surface area contributed by atoms with Gasteiger partial charge in [0.1, 0.15) is 0 Å². The van der Waals surface area contributed by atoms with Crippen molar-refractivity contribution < 1.29 is 8.85 Å². The highest BCUT2D eigenvalue weighted by molar-refractivity contribution is 6.70. The molecular formula is C28H54O2Si2. The van der Waals surface area contributed by atoms with E-state index in [1.54, 1.807) is 0 Å². The minimum Gasteiger partial charge on any atom is -0.418 e. The summed E-state index contributed by atoms with van der Waals surface area (Å²) in [6.07, 6.45) is 19.4. The third-order valence-electron chi connectivity index (χ3n) is 5.07. The first-order valence-corrected chi connectivity index (χ1v) is 20.2. The molecule has 0 rings (SSSR count). The molecular weight excluding hydrogens is 424 g/mol. The number of hydrogen-bond donors (Lipinski definition) is 0. The molecule has 0 spiro atoms. The summed E-state index contributed by atoms with van der Waals surface area (Å²) in [5.74, 6) is 13.4. The summed E-state index contributed by atoms with van der Waals surface area (Å²) < 4.78 is 11.8. The average molecular weight is 479 g/mol. The molecule has 0 saturated carbocycles. The maximum Gasteiger partial charge on any atom is 0.183 e. The smallest absolute Gasteiger partial charge is 0.183 e. The molecule has 0 aliphatic heterocycles. The Morgan fingerprint density at radius 2 is 0.625 bits per heavy atom. The van der Waals surface area contributed by atoms with Crippen LogP contribution in [0.1, 0.15) is 103 Å². The number of unbranched alkanes of at least 4 members (excludes halogenated alkanes) is 13. The van der Waals surface area contributed by atoms with Crippen LogP contribution in [-0.2, 0) is 8.85 Å². The standard InChI is InChI=1S/C28H54O2Si2/c1-31(2,3)29-27-25-23-21-19-17-15-13-11-9-7-8-10-12-14-16-18-20-22-24-26-28-30-32(4,5)6/h7-10,15-28H2,1-6H3. The quantitative estimate of drug-likeness (QED) is 0.105. The lowest BCUT2D eigenvalue weighted by molar-refractivity contribution is 0.298. The second-order valence-corrected chi connectivity index (χ2v) is 19.9. The second kappa shape index (κ2) is 21.0. The number of rotatable bonds is 19. The van der Waals surface area contributed by atoms with Crippen molar-refractivity contribution in [2.45, 2.75) is 142 Å². The Labute approximate surface area is 204 Å². The Bertz CT molecular complexity index is 488. The van der Waals surface area contributed by atoms with Gasteiger partial charge in [0.25, 0.3) is 0 Å². The van der Waals surface area contributed by atoms with Gasteiger partial charge < -0.3 is 8.85 Å². The summed E-state index contributed by atoms with van der Waals surface area (Å²) in [4.78, 5) is 0. The van der Waals surface area contributed by atoms with Gasteiger partial charge in [-0.05, 0) is 77.8 Å². The van der Waals surface area contributed by atoms with E-state index in [9.17, 15) is 0 Å². The highest BCUT2D eigenvalue weighted by Crippen LogP contribution is 2.09. The van der Waals surface area contributed by atoms with Gasteiger partial charge in [0.2, 0.25) is 0 Å². The fourth-order valence-corrected chi connectivity index (χ4v) is 4.74. The van der Waals surface area contributed by atoms with Gasteiger partial charge in [-0.25, -0.2) is 0 Å². The largest absolute Gasteiger partial charge is 0.418 e. The minimum absolute atomic E-state index is 0.953. The van der Waals surface area contributed by atoms with Crippen molar-refractivity contribution in [1.29, 1.82) is 0 Å². The minimum atomic E-state index is -1.31. The van der Waals surface area contributed by atoms with E-state index >= 15 is 0 Å². The molecule has 0 N–H and O–H groups in total. The fourth-order valence-electron chi connectivity index (χ4n) is 3.23.